The largest absolute Gasteiger partial charge is 0.0692 e. The van der Waals surface area contributed by atoms with Gasteiger partial charge in [0.15, 0.2) is 0 Å². The van der Waals surface area contributed by atoms with Gasteiger partial charge in [0.2, 0.25) is 0 Å². The van der Waals surface area contributed by atoms with E-state index < -0.39 is 8.07 Å². The molecule has 11 heavy (non-hydrogen) atoms. The van der Waals surface area contributed by atoms with Crippen LogP contribution < -0.4 is 0 Å². The zero-order valence-electron chi connectivity index (χ0n) is 9.28. The Labute approximate surface area is 73.4 Å². The summed E-state index contributed by atoms with van der Waals surface area (Å²) in [6.45, 7) is 16.9. The molecule has 0 aromatic carbocycles. The van der Waals surface area contributed by atoms with E-state index in [1.807, 2.05) is 0 Å². The van der Waals surface area contributed by atoms with Gasteiger partial charge in [0.1, 0.15) is 0 Å². The highest BCUT2D eigenvalue weighted by atomic mass is 28.3. The lowest BCUT2D eigenvalue weighted by Gasteiger charge is -2.38. The van der Waals surface area contributed by atoms with E-state index in [-0.39, 0.29) is 0 Å². The van der Waals surface area contributed by atoms with E-state index >= 15 is 0 Å². The lowest BCUT2D eigenvalue weighted by Crippen LogP contribution is -2.36. The fourth-order valence-corrected chi connectivity index (χ4v) is 2.35. The van der Waals surface area contributed by atoms with Crippen LogP contribution in [-0.2, 0) is 0 Å². The molecule has 0 radical (unpaired) electrons. The Kier molecular flexibility index (Phi) is 3.37. The summed E-state index contributed by atoms with van der Waals surface area (Å²) in [5.74, 6) is 0.844. The topological polar surface area (TPSA) is 0 Å². The smallest absolute Gasteiger partial charge is 0.0499 e. The Balaban J connectivity index is 4.22. The average molecular weight is 172 g/mol. The molecular weight excluding hydrogens is 148 g/mol. The third-order valence-electron chi connectivity index (χ3n) is 2.95. The van der Waals surface area contributed by atoms with Crippen LogP contribution in [0, 0.1) is 5.92 Å². The van der Waals surface area contributed by atoms with Crippen molar-refractivity contribution in [1.29, 1.82) is 0 Å². The van der Waals surface area contributed by atoms with Crippen LogP contribution in [0.15, 0.2) is 0 Å². The van der Waals surface area contributed by atoms with Crippen molar-refractivity contribution in [3.05, 3.63) is 0 Å². The van der Waals surface area contributed by atoms with Crippen LogP contribution in [0.1, 0.15) is 34.1 Å². The summed E-state index contributed by atoms with van der Waals surface area (Å²) in [5.41, 5.74) is 0. The molecule has 0 aromatic heterocycles. The molecule has 0 aliphatic carbocycles. The quantitative estimate of drug-likeness (QED) is 0.561. The van der Waals surface area contributed by atoms with E-state index in [0.717, 1.165) is 5.92 Å². The first-order valence-electron chi connectivity index (χ1n) is 4.67. The second-order valence-electron chi connectivity index (χ2n) is 5.73. The molecule has 1 heteroatoms. The van der Waals surface area contributed by atoms with Crippen LogP contribution in [0.25, 0.3) is 0 Å². The average Bonchev–Trinajstić information content (AvgIpc) is 1.56. The summed E-state index contributed by atoms with van der Waals surface area (Å²) in [5, 5.41) is 0.598. The second kappa shape index (κ2) is 3.30. The summed E-state index contributed by atoms with van der Waals surface area (Å²) in [6, 6.07) is 0. The van der Waals surface area contributed by atoms with Crippen molar-refractivity contribution in [3.8, 4) is 0 Å². The molecule has 0 rings (SSSR count). The third kappa shape index (κ3) is 3.41. The minimum absolute atomic E-state index is 0.598. The molecule has 68 valence electrons. The first-order chi connectivity index (χ1) is 4.67. The van der Waals surface area contributed by atoms with Crippen molar-refractivity contribution < 1.29 is 0 Å². The summed E-state index contributed by atoms with van der Waals surface area (Å²) >= 11 is 0. The van der Waals surface area contributed by atoms with E-state index in [2.05, 4.69) is 47.3 Å². The van der Waals surface area contributed by atoms with Gasteiger partial charge in [-0.1, -0.05) is 47.3 Å². The van der Waals surface area contributed by atoms with Gasteiger partial charge in [0.05, 0.1) is 0 Å². The molecule has 0 N–H and O–H groups in total. The molecule has 0 saturated heterocycles. The molecule has 0 atom stereocenters. The second-order valence-corrected chi connectivity index (χ2v) is 11.6. The maximum absolute atomic E-state index is 2.47. The van der Waals surface area contributed by atoms with Gasteiger partial charge in [-0.2, -0.15) is 0 Å². The van der Waals surface area contributed by atoms with Gasteiger partial charge in [0.25, 0.3) is 0 Å². The first-order valence-corrected chi connectivity index (χ1v) is 8.17. The highest BCUT2D eigenvalue weighted by Gasteiger charge is 2.34. The molecule has 0 nitrogen and oxygen atoms in total. The van der Waals surface area contributed by atoms with Crippen LogP contribution >= 0.6 is 0 Å². The van der Waals surface area contributed by atoms with E-state index in [9.17, 15) is 0 Å². The Morgan fingerprint density at radius 2 is 1.45 bits per heavy atom. The number of hydrogen-bond donors (Lipinski definition) is 0. The van der Waals surface area contributed by atoms with Crippen LogP contribution in [0.2, 0.25) is 24.7 Å². The number of rotatable bonds is 3. The molecule has 0 saturated carbocycles. The zero-order valence-corrected chi connectivity index (χ0v) is 10.3. The monoisotopic (exact) mass is 172 g/mol. The highest BCUT2D eigenvalue weighted by molar-refractivity contribution is 6.78. The maximum atomic E-state index is 2.47. The van der Waals surface area contributed by atoms with Gasteiger partial charge in [-0.3, -0.25) is 0 Å². The third-order valence-corrected chi connectivity index (χ3v) is 7.21. The maximum Gasteiger partial charge on any atom is 0.0499 e. The lowest BCUT2D eigenvalue weighted by molar-refractivity contribution is 0.470. The molecule has 0 amide bonds. The van der Waals surface area contributed by atoms with Crippen LogP contribution in [0.3, 0.4) is 0 Å². The molecule has 0 aliphatic heterocycles. The predicted molar refractivity (Wildman–Crippen MR) is 56.8 cm³/mol. The fourth-order valence-electron chi connectivity index (χ4n) is 1.33. The molecule has 0 aliphatic rings. The minimum Gasteiger partial charge on any atom is -0.0692 e. The Hall–Kier alpha value is 0.217. The molecule has 0 heterocycles. The van der Waals surface area contributed by atoms with E-state index in [0.29, 0.717) is 5.04 Å². The van der Waals surface area contributed by atoms with Crippen molar-refractivity contribution in [2.24, 2.45) is 5.92 Å². The predicted octanol–water partition coefficient (Wildman–Crippen LogP) is 4.15. The van der Waals surface area contributed by atoms with Crippen molar-refractivity contribution >= 4 is 8.07 Å². The summed E-state index contributed by atoms with van der Waals surface area (Å²) < 4.78 is 0. The zero-order chi connectivity index (χ0) is 9.28. The van der Waals surface area contributed by atoms with Crippen LogP contribution in [-0.4, -0.2) is 8.07 Å². The Bertz CT molecular complexity index is 117. The lowest BCUT2D eigenvalue weighted by atomic mass is 10.00. The summed E-state index contributed by atoms with van der Waals surface area (Å²) in [6.07, 6.45) is 1.38. The summed E-state index contributed by atoms with van der Waals surface area (Å²) in [7, 11) is -0.948. The minimum atomic E-state index is -0.948. The van der Waals surface area contributed by atoms with Crippen molar-refractivity contribution in [1.82, 2.24) is 0 Å². The fraction of sp³-hybridized carbons (Fsp3) is 1.00. The Morgan fingerprint density at radius 1 is 1.09 bits per heavy atom. The summed E-state index contributed by atoms with van der Waals surface area (Å²) in [4.78, 5) is 0. The standard InChI is InChI=1S/C10H24Si/c1-9(2)8-10(3,4)11(5,6)7/h9H,8H2,1-7H3. The first kappa shape index (κ1) is 11.2. The highest BCUT2D eigenvalue weighted by Crippen LogP contribution is 2.42. The molecule has 0 aromatic rings. The molecule has 0 bridgehead atoms. The van der Waals surface area contributed by atoms with Gasteiger partial charge in [-0.05, 0) is 17.4 Å². The SMILES string of the molecule is CC(C)CC(C)(C)[Si](C)(C)C. The van der Waals surface area contributed by atoms with Crippen molar-refractivity contribution in [2.45, 2.75) is 58.8 Å². The normalized spacial score (nSPS) is 14.2. The van der Waals surface area contributed by atoms with Crippen molar-refractivity contribution in [3.63, 3.8) is 0 Å². The molecular formula is C10H24Si. The molecule has 0 fully saturated rings. The van der Waals surface area contributed by atoms with Crippen LogP contribution in [0.5, 0.6) is 0 Å². The van der Waals surface area contributed by atoms with Gasteiger partial charge in [-0.25, -0.2) is 0 Å². The molecule has 0 spiro atoms. The van der Waals surface area contributed by atoms with Gasteiger partial charge < -0.3 is 0 Å². The Morgan fingerprint density at radius 3 is 1.55 bits per heavy atom. The van der Waals surface area contributed by atoms with Gasteiger partial charge in [-0.15, -0.1) is 0 Å². The van der Waals surface area contributed by atoms with E-state index in [1.54, 1.807) is 0 Å². The van der Waals surface area contributed by atoms with E-state index in [1.165, 1.54) is 6.42 Å². The van der Waals surface area contributed by atoms with E-state index in [4.69, 9.17) is 0 Å². The number of hydrogen-bond acceptors (Lipinski definition) is 0. The molecule has 0 unspecified atom stereocenters. The van der Waals surface area contributed by atoms with Gasteiger partial charge >= 0.3 is 0 Å². The van der Waals surface area contributed by atoms with Gasteiger partial charge in [0, 0.05) is 8.07 Å². The van der Waals surface area contributed by atoms with Crippen molar-refractivity contribution in [2.75, 3.05) is 0 Å². The van der Waals surface area contributed by atoms with Crippen LogP contribution in [0.4, 0.5) is 0 Å².